The van der Waals surface area contributed by atoms with Crippen molar-refractivity contribution in [2.75, 3.05) is 7.11 Å². The maximum atomic E-state index is 13.8. The Kier molecular flexibility index (Phi) is 6.25. The number of benzene rings is 1. The maximum absolute atomic E-state index is 13.8. The standard InChI is InChI=1S/C26H33N5O4/c1-26(25(34)27-14-17-8-6-7-11-20(17)35-2)15-30-16-28-21(22(30)24(33)31(26)19-12-13-19)23(32)29-18-9-4-3-5-10-18/h6-8,11,16,18-19H,3-5,9-10,12-15H2,1-2H3,(H,27,34)(H,29,32)/t26-/m0/s1. The van der Waals surface area contributed by atoms with E-state index >= 15 is 0 Å². The third kappa shape index (κ3) is 4.39. The number of methoxy groups -OCH3 is 1. The maximum Gasteiger partial charge on any atom is 0.274 e. The number of rotatable bonds is 7. The van der Waals surface area contributed by atoms with Crippen molar-refractivity contribution in [1.29, 1.82) is 0 Å². The summed E-state index contributed by atoms with van der Waals surface area (Å²) in [7, 11) is 1.60. The van der Waals surface area contributed by atoms with Crippen LogP contribution in [0.15, 0.2) is 30.6 Å². The highest BCUT2D eigenvalue weighted by Gasteiger charge is 2.53. The third-order valence-corrected chi connectivity index (χ3v) is 7.46. The van der Waals surface area contributed by atoms with Crippen LogP contribution in [-0.2, 0) is 17.9 Å². The van der Waals surface area contributed by atoms with Crippen LogP contribution >= 0.6 is 0 Å². The van der Waals surface area contributed by atoms with Crippen molar-refractivity contribution in [2.24, 2.45) is 0 Å². The van der Waals surface area contributed by atoms with Gasteiger partial charge >= 0.3 is 0 Å². The molecule has 186 valence electrons. The third-order valence-electron chi connectivity index (χ3n) is 7.46. The lowest BCUT2D eigenvalue weighted by Crippen LogP contribution is -2.64. The van der Waals surface area contributed by atoms with Crippen LogP contribution in [0.1, 0.15) is 78.4 Å². The minimum absolute atomic E-state index is 0.0117. The van der Waals surface area contributed by atoms with E-state index < -0.39 is 5.54 Å². The molecule has 2 saturated carbocycles. The summed E-state index contributed by atoms with van der Waals surface area (Å²) in [5, 5.41) is 6.07. The summed E-state index contributed by atoms with van der Waals surface area (Å²) in [6.45, 7) is 2.33. The smallest absolute Gasteiger partial charge is 0.274 e. The highest BCUT2D eigenvalue weighted by molar-refractivity contribution is 6.07. The van der Waals surface area contributed by atoms with Gasteiger partial charge in [0.05, 0.1) is 20.0 Å². The molecule has 5 rings (SSSR count). The average Bonchev–Trinajstić information content (AvgIpc) is 3.60. The van der Waals surface area contributed by atoms with Gasteiger partial charge in [0.25, 0.3) is 11.8 Å². The number of ether oxygens (including phenoxy) is 1. The van der Waals surface area contributed by atoms with Crippen molar-refractivity contribution in [3.63, 3.8) is 0 Å². The molecular weight excluding hydrogens is 446 g/mol. The van der Waals surface area contributed by atoms with E-state index in [-0.39, 0.29) is 54.3 Å². The van der Waals surface area contributed by atoms with Crippen LogP contribution in [-0.4, -0.2) is 56.9 Å². The molecule has 1 aromatic heterocycles. The number of nitrogens with zero attached hydrogens (tertiary/aromatic N) is 3. The van der Waals surface area contributed by atoms with E-state index in [9.17, 15) is 14.4 Å². The highest BCUT2D eigenvalue weighted by atomic mass is 16.5. The van der Waals surface area contributed by atoms with Gasteiger partial charge in [0.15, 0.2) is 5.69 Å². The summed E-state index contributed by atoms with van der Waals surface area (Å²) in [6.07, 6.45) is 8.50. The van der Waals surface area contributed by atoms with Gasteiger partial charge in [-0.15, -0.1) is 0 Å². The van der Waals surface area contributed by atoms with Crippen LogP contribution in [0, 0.1) is 0 Å². The Morgan fingerprint density at radius 2 is 1.89 bits per heavy atom. The fourth-order valence-electron chi connectivity index (χ4n) is 5.44. The van der Waals surface area contributed by atoms with Crippen molar-refractivity contribution in [2.45, 2.75) is 82.6 Å². The van der Waals surface area contributed by atoms with Gasteiger partial charge in [0.2, 0.25) is 5.91 Å². The van der Waals surface area contributed by atoms with Gasteiger partial charge in [-0.25, -0.2) is 4.98 Å². The Morgan fingerprint density at radius 3 is 2.60 bits per heavy atom. The lowest BCUT2D eigenvalue weighted by atomic mass is 9.93. The van der Waals surface area contributed by atoms with E-state index in [2.05, 4.69) is 15.6 Å². The number of imidazole rings is 1. The molecule has 2 heterocycles. The number of amides is 3. The number of hydrogen-bond acceptors (Lipinski definition) is 5. The van der Waals surface area contributed by atoms with Crippen LogP contribution in [0.4, 0.5) is 0 Å². The fourth-order valence-corrected chi connectivity index (χ4v) is 5.44. The first kappa shape index (κ1) is 23.4. The van der Waals surface area contributed by atoms with E-state index in [1.165, 1.54) is 12.7 Å². The van der Waals surface area contributed by atoms with Gasteiger partial charge in [0, 0.05) is 24.2 Å². The van der Waals surface area contributed by atoms with Gasteiger partial charge < -0.3 is 24.8 Å². The van der Waals surface area contributed by atoms with Crippen LogP contribution in [0.3, 0.4) is 0 Å². The largest absolute Gasteiger partial charge is 0.496 e. The molecule has 3 aliphatic rings. The van der Waals surface area contributed by atoms with Crippen molar-refractivity contribution < 1.29 is 19.1 Å². The van der Waals surface area contributed by atoms with Crippen LogP contribution in [0.2, 0.25) is 0 Å². The number of aromatic nitrogens is 2. The van der Waals surface area contributed by atoms with Crippen molar-refractivity contribution in [3.05, 3.63) is 47.5 Å². The zero-order valence-corrected chi connectivity index (χ0v) is 20.4. The number of fused-ring (bicyclic) bond motifs is 1. The number of hydrogen-bond donors (Lipinski definition) is 2. The van der Waals surface area contributed by atoms with E-state index in [0.717, 1.165) is 44.1 Å². The van der Waals surface area contributed by atoms with Gasteiger partial charge in [-0.3, -0.25) is 14.4 Å². The van der Waals surface area contributed by atoms with Crippen LogP contribution < -0.4 is 15.4 Å². The predicted molar refractivity (Wildman–Crippen MR) is 129 cm³/mol. The van der Waals surface area contributed by atoms with Gasteiger partial charge in [0.1, 0.15) is 17.0 Å². The Labute approximate surface area is 205 Å². The number of carbonyl (C=O) groups excluding carboxylic acids is 3. The molecule has 1 aliphatic heterocycles. The van der Waals surface area contributed by atoms with Crippen molar-refractivity contribution >= 4 is 17.7 Å². The average molecular weight is 480 g/mol. The number of para-hydroxylation sites is 1. The lowest BCUT2D eigenvalue weighted by molar-refractivity contribution is -0.133. The summed E-state index contributed by atoms with van der Waals surface area (Å²) in [4.78, 5) is 46.3. The molecule has 0 unspecified atom stereocenters. The molecule has 0 spiro atoms. The minimum atomic E-state index is -1.09. The SMILES string of the molecule is COc1ccccc1CNC(=O)[C@]1(C)Cn2cnc(C(=O)NC3CCCCC3)c2C(=O)N1C1CC1. The van der Waals surface area contributed by atoms with Crippen molar-refractivity contribution in [1.82, 2.24) is 25.1 Å². The van der Waals surface area contributed by atoms with Crippen LogP contribution in [0.5, 0.6) is 5.75 Å². The van der Waals surface area contributed by atoms with Gasteiger partial charge in [-0.1, -0.05) is 37.5 Å². The molecule has 9 nitrogen and oxygen atoms in total. The fraction of sp³-hybridized carbons (Fsp3) is 0.538. The van der Waals surface area contributed by atoms with E-state index in [4.69, 9.17) is 4.74 Å². The normalized spacial score (nSPS) is 22.5. The first-order valence-corrected chi connectivity index (χ1v) is 12.5. The molecule has 2 aliphatic carbocycles. The molecule has 0 saturated heterocycles. The molecule has 1 aromatic carbocycles. The van der Waals surface area contributed by atoms with E-state index in [1.807, 2.05) is 24.3 Å². The molecule has 1 atom stereocenters. The lowest BCUT2D eigenvalue weighted by Gasteiger charge is -2.44. The molecule has 9 heteroatoms. The second-order valence-corrected chi connectivity index (χ2v) is 10.1. The molecule has 3 amide bonds. The van der Waals surface area contributed by atoms with Crippen molar-refractivity contribution in [3.8, 4) is 5.75 Å². The Hall–Kier alpha value is -3.36. The minimum Gasteiger partial charge on any atom is -0.496 e. The second-order valence-electron chi connectivity index (χ2n) is 10.1. The molecule has 2 fully saturated rings. The van der Waals surface area contributed by atoms with E-state index in [1.54, 1.807) is 23.5 Å². The highest BCUT2D eigenvalue weighted by Crippen LogP contribution is 2.39. The Bertz CT molecular complexity index is 1130. The first-order chi connectivity index (χ1) is 16.9. The summed E-state index contributed by atoms with van der Waals surface area (Å²) < 4.78 is 7.06. The monoisotopic (exact) mass is 479 g/mol. The summed E-state index contributed by atoms with van der Waals surface area (Å²) in [6, 6.07) is 7.63. The van der Waals surface area contributed by atoms with Gasteiger partial charge in [-0.2, -0.15) is 0 Å². The zero-order chi connectivity index (χ0) is 24.6. The predicted octanol–water partition coefficient (Wildman–Crippen LogP) is 2.65. The van der Waals surface area contributed by atoms with E-state index in [0.29, 0.717) is 5.75 Å². The molecule has 35 heavy (non-hydrogen) atoms. The molecule has 2 N–H and O–H groups in total. The summed E-state index contributed by atoms with van der Waals surface area (Å²) in [5.41, 5.74) is 0.199. The number of carbonyl (C=O) groups is 3. The molecule has 0 radical (unpaired) electrons. The number of nitrogens with one attached hydrogen (secondary N) is 2. The van der Waals surface area contributed by atoms with Gasteiger partial charge in [-0.05, 0) is 38.7 Å². The Morgan fingerprint density at radius 1 is 1.14 bits per heavy atom. The molecule has 0 bridgehead atoms. The molecular formula is C26H33N5O4. The first-order valence-electron chi connectivity index (χ1n) is 12.5. The second kappa shape index (κ2) is 9.36. The van der Waals surface area contributed by atoms with Crippen LogP contribution in [0.25, 0.3) is 0 Å². The Balaban J connectivity index is 1.38. The quantitative estimate of drug-likeness (QED) is 0.635. The zero-order valence-electron chi connectivity index (χ0n) is 20.4. The summed E-state index contributed by atoms with van der Waals surface area (Å²) in [5.74, 6) is -0.155. The topological polar surface area (TPSA) is 106 Å². The summed E-state index contributed by atoms with van der Waals surface area (Å²) >= 11 is 0. The molecule has 2 aromatic rings.